The Bertz CT molecular complexity index is 605. The van der Waals surface area contributed by atoms with Crippen molar-refractivity contribution in [1.29, 1.82) is 0 Å². The van der Waals surface area contributed by atoms with Gasteiger partial charge in [0.25, 0.3) is 0 Å². The van der Waals surface area contributed by atoms with Crippen LogP contribution in [0.15, 0.2) is 22.7 Å². The van der Waals surface area contributed by atoms with Crippen LogP contribution >= 0.6 is 0 Å². The topological polar surface area (TPSA) is 119 Å². The van der Waals surface area contributed by atoms with E-state index in [0.717, 1.165) is 0 Å². The molecule has 0 spiro atoms. The Morgan fingerprint density at radius 2 is 2.17 bits per heavy atom. The number of methoxy groups -OCH3 is 1. The summed E-state index contributed by atoms with van der Waals surface area (Å²) in [7, 11) is 1.32. The summed E-state index contributed by atoms with van der Waals surface area (Å²) < 4.78 is 9.60. The molecule has 1 aromatic heterocycles. The average Bonchev–Trinajstić information content (AvgIpc) is 2.76. The van der Waals surface area contributed by atoms with E-state index >= 15 is 0 Å². The van der Waals surface area contributed by atoms with Crippen molar-refractivity contribution >= 4 is 11.9 Å². The van der Waals surface area contributed by atoms with Crippen molar-refractivity contribution in [2.75, 3.05) is 12.8 Å². The van der Waals surface area contributed by atoms with Crippen molar-refractivity contribution in [3.05, 3.63) is 23.8 Å². The van der Waals surface area contributed by atoms with Crippen LogP contribution in [-0.4, -0.2) is 28.4 Å². The van der Waals surface area contributed by atoms with Crippen LogP contribution in [0.3, 0.4) is 0 Å². The minimum atomic E-state index is -1.27. The van der Waals surface area contributed by atoms with Crippen molar-refractivity contribution in [2.24, 2.45) is 0 Å². The van der Waals surface area contributed by atoms with Crippen LogP contribution in [0.4, 0.5) is 5.88 Å². The number of aromatic hydroxyl groups is 1. The molecule has 2 rings (SSSR count). The third-order valence-corrected chi connectivity index (χ3v) is 2.35. The molecule has 0 radical (unpaired) electrons. The molecule has 18 heavy (non-hydrogen) atoms. The van der Waals surface area contributed by atoms with Gasteiger partial charge in [-0.05, 0) is 12.1 Å². The summed E-state index contributed by atoms with van der Waals surface area (Å²) in [6.45, 7) is 0. The Labute approximate surface area is 101 Å². The van der Waals surface area contributed by atoms with E-state index in [0.29, 0.717) is 11.3 Å². The number of ether oxygens (including phenoxy) is 1. The van der Waals surface area contributed by atoms with Gasteiger partial charge in [-0.2, -0.15) is 0 Å². The highest BCUT2D eigenvalue weighted by Gasteiger charge is 2.18. The molecule has 0 aliphatic carbocycles. The zero-order valence-electron chi connectivity index (χ0n) is 9.38. The van der Waals surface area contributed by atoms with Gasteiger partial charge in [0.2, 0.25) is 5.88 Å². The molecule has 2 aromatic rings. The summed E-state index contributed by atoms with van der Waals surface area (Å²) in [4.78, 5) is 11.0. The Hall–Kier alpha value is -2.70. The fourth-order valence-electron chi connectivity index (χ4n) is 1.50. The highest BCUT2D eigenvalue weighted by Crippen LogP contribution is 2.35. The molecule has 0 fully saturated rings. The molecule has 0 aliphatic rings. The zero-order chi connectivity index (χ0) is 13.3. The third-order valence-electron chi connectivity index (χ3n) is 2.35. The van der Waals surface area contributed by atoms with E-state index in [2.05, 4.69) is 5.16 Å². The first-order valence-corrected chi connectivity index (χ1v) is 4.89. The summed E-state index contributed by atoms with van der Waals surface area (Å²) in [6.07, 6.45) is 0. The lowest BCUT2D eigenvalue weighted by atomic mass is 10.1. The van der Waals surface area contributed by atoms with Crippen LogP contribution in [0.1, 0.15) is 10.4 Å². The molecule has 0 aliphatic heterocycles. The lowest BCUT2D eigenvalue weighted by Gasteiger charge is -2.08. The van der Waals surface area contributed by atoms with Gasteiger partial charge in [0, 0.05) is 11.6 Å². The van der Waals surface area contributed by atoms with Gasteiger partial charge in [-0.15, -0.1) is 0 Å². The second-order valence-corrected chi connectivity index (χ2v) is 3.49. The number of hydrogen-bond donors (Lipinski definition) is 3. The molecule has 0 bridgehead atoms. The summed E-state index contributed by atoms with van der Waals surface area (Å²) in [5, 5.41) is 22.3. The molecule has 0 amide bonds. The maximum Gasteiger partial charge on any atom is 0.339 e. The van der Waals surface area contributed by atoms with Gasteiger partial charge in [0.15, 0.2) is 11.5 Å². The van der Waals surface area contributed by atoms with E-state index in [4.69, 9.17) is 20.1 Å². The number of nitrogens with two attached hydrogens (primary N) is 1. The number of benzene rings is 1. The number of carboxylic acids is 1. The Morgan fingerprint density at radius 1 is 1.44 bits per heavy atom. The highest BCUT2D eigenvalue weighted by atomic mass is 16.5. The van der Waals surface area contributed by atoms with Crippen molar-refractivity contribution in [3.63, 3.8) is 0 Å². The van der Waals surface area contributed by atoms with Crippen molar-refractivity contribution in [1.82, 2.24) is 5.16 Å². The number of aromatic carboxylic acids is 1. The largest absolute Gasteiger partial charge is 0.504 e. The predicted octanol–water partition coefficient (Wildman–Crippen LogP) is 1.34. The smallest absolute Gasteiger partial charge is 0.339 e. The minimum Gasteiger partial charge on any atom is -0.504 e. The van der Waals surface area contributed by atoms with E-state index in [1.807, 2.05) is 0 Å². The Kier molecular flexibility index (Phi) is 2.80. The number of carbonyl (C=O) groups is 1. The summed E-state index contributed by atoms with van der Waals surface area (Å²) in [5.41, 5.74) is 5.88. The maximum absolute atomic E-state index is 11.0. The molecule has 1 heterocycles. The molecule has 0 saturated heterocycles. The Balaban J connectivity index is 2.62. The number of phenols is 1. The normalized spacial score (nSPS) is 10.3. The van der Waals surface area contributed by atoms with E-state index in [1.165, 1.54) is 25.3 Å². The molecule has 7 heteroatoms. The first-order valence-electron chi connectivity index (χ1n) is 4.89. The molecule has 0 saturated carbocycles. The molecule has 0 atom stereocenters. The second-order valence-electron chi connectivity index (χ2n) is 3.49. The molecule has 94 valence electrons. The zero-order valence-corrected chi connectivity index (χ0v) is 9.38. The van der Waals surface area contributed by atoms with Gasteiger partial charge in [-0.3, -0.25) is 0 Å². The van der Waals surface area contributed by atoms with E-state index < -0.39 is 11.7 Å². The van der Waals surface area contributed by atoms with Gasteiger partial charge in [0.1, 0.15) is 11.3 Å². The lowest BCUT2D eigenvalue weighted by molar-refractivity contribution is 0.0693. The fraction of sp³-hybridized carbons (Fsp3) is 0.0909. The second kappa shape index (κ2) is 4.28. The molecular weight excluding hydrogens is 240 g/mol. The monoisotopic (exact) mass is 250 g/mol. The van der Waals surface area contributed by atoms with Gasteiger partial charge in [-0.1, -0.05) is 5.16 Å². The summed E-state index contributed by atoms with van der Waals surface area (Å²) in [6, 6.07) is 4.15. The van der Waals surface area contributed by atoms with Crippen molar-refractivity contribution in [2.45, 2.75) is 0 Å². The van der Waals surface area contributed by atoms with Crippen LogP contribution in [0.2, 0.25) is 0 Å². The average molecular weight is 250 g/mol. The molecular formula is C11H10N2O5. The van der Waals surface area contributed by atoms with Crippen LogP contribution in [0, 0.1) is 0 Å². The summed E-state index contributed by atoms with van der Waals surface area (Å²) >= 11 is 0. The van der Waals surface area contributed by atoms with E-state index in [-0.39, 0.29) is 17.2 Å². The van der Waals surface area contributed by atoms with Crippen LogP contribution in [0.25, 0.3) is 11.3 Å². The maximum atomic E-state index is 11.0. The number of carboxylic acid groups (broad SMARTS) is 1. The van der Waals surface area contributed by atoms with Crippen molar-refractivity contribution in [3.8, 4) is 22.8 Å². The highest BCUT2D eigenvalue weighted by molar-refractivity contribution is 5.93. The summed E-state index contributed by atoms with van der Waals surface area (Å²) in [5.74, 6) is -1.57. The minimum absolute atomic E-state index is 0.0338. The van der Waals surface area contributed by atoms with E-state index in [1.54, 1.807) is 0 Å². The number of aromatic nitrogens is 1. The molecule has 7 nitrogen and oxygen atoms in total. The van der Waals surface area contributed by atoms with E-state index in [9.17, 15) is 9.90 Å². The standard InChI is InChI=1S/C11H10N2O5/c1-17-8-3-5(7-4-9(12)18-13-7)2-6(10(8)14)11(15)16/h2-4,14H,12H2,1H3,(H,15,16). The SMILES string of the molecule is COc1cc(-c2cc(N)on2)cc(C(=O)O)c1O. The van der Waals surface area contributed by atoms with Gasteiger partial charge >= 0.3 is 5.97 Å². The lowest BCUT2D eigenvalue weighted by Crippen LogP contribution is -1.99. The van der Waals surface area contributed by atoms with Gasteiger partial charge in [-0.25, -0.2) is 4.79 Å². The molecule has 0 unspecified atom stereocenters. The third kappa shape index (κ3) is 1.93. The van der Waals surface area contributed by atoms with Crippen LogP contribution in [0.5, 0.6) is 11.5 Å². The number of nitrogens with zero attached hydrogens (tertiary/aromatic N) is 1. The quantitative estimate of drug-likeness (QED) is 0.751. The fourth-order valence-corrected chi connectivity index (χ4v) is 1.50. The van der Waals surface area contributed by atoms with Crippen LogP contribution in [-0.2, 0) is 0 Å². The van der Waals surface area contributed by atoms with Crippen LogP contribution < -0.4 is 10.5 Å². The number of nitrogen functional groups attached to an aromatic ring is 1. The Morgan fingerprint density at radius 3 is 2.67 bits per heavy atom. The first-order chi connectivity index (χ1) is 8.52. The number of rotatable bonds is 3. The first kappa shape index (κ1) is 11.8. The van der Waals surface area contributed by atoms with Gasteiger partial charge < -0.3 is 25.2 Å². The molecule has 1 aromatic carbocycles. The number of hydrogen-bond acceptors (Lipinski definition) is 6. The van der Waals surface area contributed by atoms with Crippen molar-refractivity contribution < 1.29 is 24.3 Å². The number of anilines is 1. The molecule has 4 N–H and O–H groups in total. The van der Waals surface area contributed by atoms with Gasteiger partial charge in [0.05, 0.1) is 7.11 Å². The predicted molar refractivity (Wildman–Crippen MR) is 61.5 cm³/mol.